The summed E-state index contributed by atoms with van der Waals surface area (Å²) < 4.78 is 5.17. The summed E-state index contributed by atoms with van der Waals surface area (Å²) in [5, 5.41) is 10.4. The van der Waals surface area contributed by atoms with Crippen LogP contribution in [-0.4, -0.2) is 33.4 Å². The summed E-state index contributed by atoms with van der Waals surface area (Å²) in [5.41, 5.74) is 4.51. The summed E-state index contributed by atoms with van der Waals surface area (Å²) in [5.74, 6) is 1.39. The van der Waals surface area contributed by atoms with Crippen LogP contribution in [0.2, 0.25) is 0 Å². The molecule has 1 heterocycles. The summed E-state index contributed by atoms with van der Waals surface area (Å²) in [7, 11) is 1.63. The number of anilines is 1. The Morgan fingerprint density at radius 3 is 2.75 bits per heavy atom. The zero-order chi connectivity index (χ0) is 19.5. The van der Waals surface area contributed by atoms with Crippen LogP contribution in [0.5, 0.6) is 5.75 Å². The average Bonchev–Trinajstić information content (AvgIpc) is 3.37. The van der Waals surface area contributed by atoms with E-state index in [4.69, 9.17) is 4.74 Å². The highest BCUT2D eigenvalue weighted by atomic mass is 32.2. The van der Waals surface area contributed by atoms with E-state index in [0.29, 0.717) is 11.0 Å². The molecule has 0 spiro atoms. The van der Waals surface area contributed by atoms with Gasteiger partial charge in [0.05, 0.1) is 12.4 Å². The first-order valence-corrected chi connectivity index (χ1v) is 10.2. The Balaban J connectivity index is 1.38. The number of aromatic amines is 1. The van der Waals surface area contributed by atoms with E-state index < -0.39 is 0 Å². The number of hydrogen-bond donors (Lipinski definition) is 2. The Hall–Kier alpha value is -2.80. The highest BCUT2D eigenvalue weighted by Crippen LogP contribution is 2.27. The summed E-state index contributed by atoms with van der Waals surface area (Å²) in [6.07, 6.45) is 3.42. The standard InChI is InChI=1S/C21H22N4O2S/c1-13(20(26)22-17-9-6-14-4-3-5-16(14)12-17)28-21-23-19(24-25-21)15-7-10-18(27-2)11-8-15/h6-13H,3-5H2,1-2H3,(H,22,26)(H,23,24,25)/t13-/m1/s1. The molecule has 0 unspecified atom stereocenters. The maximum Gasteiger partial charge on any atom is 0.237 e. The molecule has 0 saturated heterocycles. The number of nitrogens with zero attached hydrogens (tertiary/aromatic N) is 2. The van der Waals surface area contributed by atoms with Crippen molar-refractivity contribution in [2.75, 3.05) is 12.4 Å². The summed E-state index contributed by atoms with van der Waals surface area (Å²) in [6.45, 7) is 1.86. The minimum absolute atomic E-state index is 0.0567. The van der Waals surface area contributed by atoms with Crippen LogP contribution in [0, 0.1) is 0 Å². The van der Waals surface area contributed by atoms with Crippen molar-refractivity contribution in [2.24, 2.45) is 0 Å². The first-order valence-electron chi connectivity index (χ1n) is 9.28. The molecule has 0 bridgehead atoms. The van der Waals surface area contributed by atoms with E-state index in [0.717, 1.165) is 29.8 Å². The molecule has 1 aliphatic rings. The number of carbonyl (C=O) groups excluding carboxylic acids is 1. The molecule has 0 radical (unpaired) electrons. The summed E-state index contributed by atoms with van der Waals surface area (Å²) in [6, 6.07) is 13.8. The number of carbonyl (C=O) groups is 1. The maximum absolute atomic E-state index is 12.6. The first-order chi connectivity index (χ1) is 13.6. The maximum atomic E-state index is 12.6. The van der Waals surface area contributed by atoms with E-state index in [1.807, 2.05) is 37.3 Å². The molecular weight excluding hydrogens is 372 g/mol. The van der Waals surface area contributed by atoms with Crippen molar-refractivity contribution in [1.29, 1.82) is 0 Å². The zero-order valence-electron chi connectivity index (χ0n) is 15.9. The molecule has 0 fully saturated rings. The molecule has 2 N–H and O–H groups in total. The van der Waals surface area contributed by atoms with Gasteiger partial charge in [0, 0.05) is 11.3 Å². The first kappa shape index (κ1) is 18.6. The van der Waals surface area contributed by atoms with Crippen molar-refractivity contribution < 1.29 is 9.53 Å². The lowest BCUT2D eigenvalue weighted by Gasteiger charge is -2.11. The van der Waals surface area contributed by atoms with Crippen LogP contribution in [0.4, 0.5) is 5.69 Å². The number of thioether (sulfide) groups is 1. The number of nitrogens with one attached hydrogen (secondary N) is 2. The van der Waals surface area contributed by atoms with Gasteiger partial charge >= 0.3 is 0 Å². The summed E-state index contributed by atoms with van der Waals surface area (Å²) >= 11 is 1.33. The number of amides is 1. The van der Waals surface area contributed by atoms with E-state index in [1.54, 1.807) is 7.11 Å². The molecule has 3 aromatic rings. The quantitative estimate of drug-likeness (QED) is 0.616. The lowest BCUT2D eigenvalue weighted by atomic mass is 10.1. The fourth-order valence-electron chi connectivity index (χ4n) is 3.28. The van der Waals surface area contributed by atoms with Crippen LogP contribution in [0.25, 0.3) is 11.4 Å². The third kappa shape index (κ3) is 4.04. The van der Waals surface area contributed by atoms with Gasteiger partial charge in [0.15, 0.2) is 5.82 Å². The van der Waals surface area contributed by atoms with Gasteiger partial charge in [-0.2, -0.15) is 0 Å². The fourth-order valence-corrected chi connectivity index (χ4v) is 4.01. The normalized spacial score (nSPS) is 13.8. The average molecular weight is 395 g/mol. The van der Waals surface area contributed by atoms with Gasteiger partial charge in [-0.1, -0.05) is 17.8 Å². The Morgan fingerprint density at radius 1 is 1.18 bits per heavy atom. The van der Waals surface area contributed by atoms with Gasteiger partial charge in [0.1, 0.15) is 5.75 Å². The smallest absolute Gasteiger partial charge is 0.237 e. The Kier molecular flexibility index (Phi) is 5.34. The molecule has 1 aromatic heterocycles. The molecule has 7 heteroatoms. The van der Waals surface area contributed by atoms with Gasteiger partial charge in [-0.3, -0.25) is 9.89 Å². The molecule has 0 aliphatic heterocycles. The van der Waals surface area contributed by atoms with Crippen LogP contribution in [0.15, 0.2) is 47.6 Å². The fraction of sp³-hybridized carbons (Fsp3) is 0.286. The number of methoxy groups -OCH3 is 1. The number of benzene rings is 2. The van der Waals surface area contributed by atoms with Crippen molar-refractivity contribution in [3.63, 3.8) is 0 Å². The topological polar surface area (TPSA) is 79.9 Å². The molecule has 4 rings (SSSR count). The lowest BCUT2D eigenvalue weighted by molar-refractivity contribution is -0.115. The van der Waals surface area contributed by atoms with Crippen LogP contribution >= 0.6 is 11.8 Å². The van der Waals surface area contributed by atoms with Crippen LogP contribution in [-0.2, 0) is 17.6 Å². The molecular formula is C21H22N4O2S. The number of rotatable bonds is 6. The molecule has 1 atom stereocenters. The summed E-state index contributed by atoms with van der Waals surface area (Å²) in [4.78, 5) is 17.0. The molecule has 144 valence electrons. The van der Waals surface area contributed by atoms with Crippen molar-refractivity contribution in [1.82, 2.24) is 15.2 Å². The van der Waals surface area contributed by atoms with E-state index >= 15 is 0 Å². The van der Waals surface area contributed by atoms with Gasteiger partial charge in [-0.25, -0.2) is 4.98 Å². The molecule has 0 saturated carbocycles. The highest BCUT2D eigenvalue weighted by molar-refractivity contribution is 8.00. The second-order valence-electron chi connectivity index (χ2n) is 6.78. The van der Waals surface area contributed by atoms with Gasteiger partial charge in [0.25, 0.3) is 0 Å². The largest absolute Gasteiger partial charge is 0.497 e. The van der Waals surface area contributed by atoms with Crippen LogP contribution in [0.3, 0.4) is 0 Å². The van der Waals surface area contributed by atoms with Gasteiger partial charge in [0.2, 0.25) is 11.1 Å². The number of fused-ring (bicyclic) bond motifs is 1. The van der Waals surface area contributed by atoms with Crippen molar-refractivity contribution in [2.45, 2.75) is 36.6 Å². The lowest BCUT2D eigenvalue weighted by Crippen LogP contribution is -2.22. The van der Waals surface area contributed by atoms with E-state index in [1.165, 1.54) is 29.3 Å². The Morgan fingerprint density at radius 2 is 1.96 bits per heavy atom. The van der Waals surface area contributed by atoms with E-state index in [2.05, 4.69) is 32.6 Å². The predicted molar refractivity (Wildman–Crippen MR) is 111 cm³/mol. The SMILES string of the molecule is COc1ccc(-c2nc(S[C@H](C)C(=O)Nc3ccc4c(c3)CCC4)n[nH]2)cc1. The van der Waals surface area contributed by atoms with E-state index in [-0.39, 0.29) is 11.2 Å². The molecule has 28 heavy (non-hydrogen) atoms. The molecule has 1 amide bonds. The molecule has 6 nitrogen and oxygen atoms in total. The predicted octanol–water partition coefficient (Wildman–Crippen LogP) is 4.09. The molecule has 2 aromatic carbocycles. The number of ether oxygens (including phenoxy) is 1. The minimum atomic E-state index is -0.312. The van der Waals surface area contributed by atoms with Crippen LogP contribution < -0.4 is 10.1 Å². The third-order valence-electron chi connectivity index (χ3n) is 4.85. The number of hydrogen-bond acceptors (Lipinski definition) is 5. The second-order valence-corrected chi connectivity index (χ2v) is 8.09. The van der Waals surface area contributed by atoms with Crippen molar-refractivity contribution in [3.8, 4) is 17.1 Å². The number of aryl methyl sites for hydroxylation is 2. The van der Waals surface area contributed by atoms with Crippen molar-refractivity contribution >= 4 is 23.4 Å². The Labute approximate surface area is 168 Å². The van der Waals surface area contributed by atoms with Gasteiger partial charge in [-0.15, -0.1) is 5.10 Å². The van der Waals surface area contributed by atoms with Crippen LogP contribution in [0.1, 0.15) is 24.5 Å². The van der Waals surface area contributed by atoms with Crippen molar-refractivity contribution in [3.05, 3.63) is 53.6 Å². The van der Waals surface area contributed by atoms with Gasteiger partial charge < -0.3 is 10.1 Å². The Bertz CT molecular complexity index is 984. The highest BCUT2D eigenvalue weighted by Gasteiger charge is 2.19. The number of aromatic nitrogens is 3. The third-order valence-corrected chi connectivity index (χ3v) is 5.81. The number of H-pyrrole nitrogens is 1. The second kappa shape index (κ2) is 8.06. The zero-order valence-corrected chi connectivity index (χ0v) is 16.7. The molecule has 1 aliphatic carbocycles. The van der Waals surface area contributed by atoms with E-state index in [9.17, 15) is 4.79 Å². The minimum Gasteiger partial charge on any atom is -0.497 e. The monoisotopic (exact) mass is 394 g/mol. The van der Waals surface area contributed by atoms with Gasteiger partial charge in [-0.05, 0) is 73.7 Å².